The van der Waals surface area contributed by atoms with E-state index in [4.69, 9.17) is 0 Å². The molecule has 0 spiro atoms. The van der Waals surface area contributed by atoms with E-state index in [1.54, 1.807) is 0 Å². The van der Waals surface area contributed by atoms with E-state index in [2.05, 4.69) is 74.7 Å². The Morgan fingerprint density at radius 1 is 0.600 bits per heavy atom. The number of hydrogen-bond donors (Lipinski definition) is 2. The van der Waals surface area contributed by atoms with E-state index in [1.807, 2.05) is 0 Å². The fraction of sp³-hybridized carbons (Fsp3) is 0.333. The molecule has 0 amide bonds. The van der Waals surface area contributed by atoms with Gasteiger partial charge in [-0.2, -0.15) is 0 Å². The van der Waals surface area contributed by atoms with Crippen LogP contribution in [0, 0.1) is 27.7 Å². The number of rotatable bonds is 5. The van der Waals surface area contributed by atoms with Gasteiger partial charge in [0.2, 0.25) is 0 Å². The van der Waals surface area contributed by atoms with Crippen molar-refractivity contribution in [2.45, 2.75) is 27.7 Å². The average Bonchev–Trinajstić information content (AvgIpc) is 2.42. The molecule has 2 aromatic rings. The van der Waals surface area contributed by atoms with Crippen molar-refractivity contribution in [1.29, 1.82) is 0 Å². The average molecular weight is 268 g/mol. The molecule has 0 atom stereocenters. The quantitative estimate of drug-likeness (QED) is 0.783. The standard InChI is InChI=1S/C18H24N2/c1-13-5-7-17(11-15(13)3)19-9-10-20-18-8-6-14(2)16(4)12-18/h5-8,11-12,19-20H,9-10H2,1-4H3. The lowest BCUT2D eigenvalue weighted by Crippen LogP contribution is -2.13. The van der Waals surface area contributed by atoms with Crippen LogP contribution in [0.15, 0.2) is 36.4 Å². The van der Waals surface area contributed by atoms with Crippen molar-refractivity contribution in [2.75, 3.05) is 23.7 Å². The van der Waals surface area contributed by atoms with Crippen LogP contribution in [0.5, 0.6) is 0 Å². The van der Waals surface area contributed by atoms with Crippen LogP contribution in [0.4, 0.5) is 11.4 Å². The number of anilines is 2. The topological polar surface area (TPSA) is 24.1 Å². The first-order valence-electron chi connectivity index (χ1n) is 7.18. The fourth-order valence-corrected chi connectivity index (χ4v) is 2.12. The van der Waals surface area contributed by atoms with Crippen LogP contribution in [-0.4, -0.2) is 13.1 Å². The number of hydrogen-bond acceptors (Lipinski definition) is 2. The molecule has 0 fully saturated rings. The van der Waals surface area contributed by atoms with Crippen molar-refractivity contribution in [1.82, 2.24) is 0 Å². The van der Waals surface area contributed by atoms with Crippen LogP contribution in [0.1, 0.15) is 22.3 Å². The lowest BCUT2D eigenvalue weighted by Gasteiger charge is -2.11. The summed E-state index contributed by atoms with van der Waals surface area (Å²) < 4.78 is 0. The summed E-state index contributed by atoms with van der Waals surface area (Å²) in [6.07, 6.45) is 0. The van der Waals surface area contributed by atoms with Crippen molar-refractivity contribution >= 4 is 11.4 Å². The van der Waals surface area contributed by atoms with Crippen molar-refractivity contribution < 1.29 is 0 Å². The summed E-state index contributed by atoms with van der Waals surface area (Å²) >= 11 is 0. The van der Waals surface area contributed by atoms with Gasteiger partial charge in [0.1, 0.15) is 0 Å². The Balaban J connectivity index is 1.81. The smallest absolute Gasteiger partial charge is 0.0343 e. The highest BCUT2D eigenvalue weighted by atomic mass is 14.9. The highest BCUT2D eigenvalue weighted by molar-refractivity contribution is 5.50. The first-order chi connectivity index (χ1) is 9.56. The van der Waals surface area contributed by atoms with Gasteiger partial charge in [0, 0.05) is 24.5 Å². The molecule has 0 saturated carbocycles. The molecule has 0 aliphatic carbocycles. The minimum Gasteiger partial charge on any atom is -0.383 e. The first-order valence-corrected chi connectivity index (χ1v) is 7.18. The second-order valence-corrected chi connectivity index (χ2v) is 5.45. The molecule has 2 aromatic carbocycles. The molecule has 106 valence electrons. The van der Waals surface area contributed by atoms with Gasteiger partial charge in [-0.25, -0.2) is 0 Å². The van der Waals surface area contributed by atoms with Gasteiger partial charge in [0.05, 0.1) is 0 Å². The largest absolute Gasteiger partial charge is 0.383 e. The fourth-order valence-electron chi connectivity index (χ4n) is 2.12. The van der Waals surface area contributed by atoms with Gasteiger partial charge in [-0.15, -0.1) is 0 Å². The maximum Gasteiger partial charge on any atom is 0.0343 e. The zero-order valence-electron chi connectivity index (χ0n) is 12.9. The Hall–Kier alpha value is -1.96. The molecule has 20 heavy (non-hydrogen) atoms. The maximum absolute atomic E-state index is 3.45. The Morgan fingerprint density at radius 2 is 1.00 bits per heavy atom. The van der Waals surface area contributed by atoms with E-state index in [-0.39, 0.29) is 0 Å². The van der Waals surface area contributed by atoms with Gasteiger partial charge < -0.3 is 10.6 Å². The first kappa shape index (κ1) is 14.4. The molecular weight excluding hydrogens is 244 g/mol. The van der Waals surface area contributed by atoms with E-state index < -0.39 is 0 Å². The van der Waals surface area contributed by atoms with Crippen LogP contribution >= 0.6 is 0 Å². The molecule has 0 bridgehead atoms. The Kier molecular flexibility index (Phi) is 4.67. The van der Waals surface area contributed by atoms with Crippen LogP contribution in [0.2, 0.25) is 0 Å². The summed E-state index contributed by atoms with van der Waals surface area (Å²) in [7, 11) is 0. The van der Waals surface area contributed by atoms with Gasteiger partial charge in [0.15, 0.2) is 0 Å². The molecule has 2 nitrogen and oxygen atoms in total. The minimum atomic E-state index is 0.912. The molecule has 2 N–H and O–H groups in total. The molecular formula is C18H24N2. The Labute approximate surface area is 122 Å². The Bertz CT molecular complexity index is 534. The molecule has 0 aliphatic rings. The van der Waals surface area contributed by atoms with E-state index in [0.29, 0.717) is 0 Å². The van der Waals surface area contributed by atoms with Crippen molar-refractivity contribution in [3.05, 3.63) is 58.7 Å². The van der Waals surface area contributed by atoms with Gasteiger partial charge in [-0.05, 0) is 74.2 Å². The van der Waals surface area contributed by atoms with E-state index in [0.717, 1.165) is 13.1 Å². The molecule has 0 saturated heterocycles. The third kappa shape index (κ3) is 3.77. The van der Waals surface area contributed by atoms with Gasteiger partial charge in [-0.1, -0.05) is 12.1 Å². The molecule has 2 heteroatoms. The highest BCUT2D eigenvalue weighted by Gasteiger charge is 1.97. The third-order valence-electron chi connectivity index (χ3n) is 3.80. The van der Waals surface area contributed by atoms with Crippen LogP contribution in [0.25, 0.3) is 0 Å². The summed E-state index contributed by atoms with van der Waals surface area (Å²) in [5.41, 5.74) is 7.71. The lowest BCUT2D eigenvalue weighted by atomic mass is 10.1. The Morgan fingerprint density at radius 3 is 1.35 bits per heavy atom. The zero-order chi connectivity index (χ0) is 14.5. The second-order valence-electron chi connectivity index (χ2n) is 5.45. The second kappa shape index (κ2) is 6.47. The maximum atomic E-state index is 3.45. The minimum absolute atomic E-state index is 0.912. The molecule has 0 heterocycles. The molecule has 0 aromatic heterocycles. The van der Waals surface area contributed by atoms with Crippen molar-refractivity contribution in [2.24, 2.45) is 0 Å². The van der Waals surface area contributed by atoms with E-state index in [1.165, 1.54) is 33.6 Å². The zero-order valence-corrected chi connectivity index (χ0v) is 12.9. The summed E-state index contributed by atoms with van der Waals surface area (Å²) in [5.74, 6) is 0. The molecule has 0 unspecified atom stereocenters. The van der Waals surface area contributed by atoms with Crippen LogP contribution < -0.4 is 10.6 Å². The van der Waals surface area contributed by atoms with Crippen LogP contribution in [-0.2, 0) is 0 Å². The van der Waals surface area contributed by atoms with E-state index >= 15 is 0 Å². The predicted octanol–water partition coefficient (Wildman–Crippen LogP) is 4.44. The van der Waals surface area contributed by atoms with E-state index in [9.17, 15) is 0 Å². The van der Waals surface area contributed by atoms with Crippen molar-refractivity contribution in [3.63, 3.8) is 0 Å². The molecule has 0 aliphatic heterocycles. The third-order valence-corrected chi connectivity index (χ3v) is 3.80. The number of nitrogens with one attached hydrogen (secondary N) is 2. The summed E-state index contributed by atoms with van der Waals surface area (Å²) in [4.78, 5) is 0. The summed E-state index contributed by atoms with van der Waals surface area (Å²) in [5, 5.41) is 6.89. The predicted molar refractivity (Wildman–Crippen MR) is 88.8 cm³/mol. The summed E-state index contributed by atoms with van der Waals surface area (Å²) in [6.45, 7) is 10.4. The lowest BCUT2D eigenvalue weighted by molar-refractivity contribution is 1.08. The van der Waals surface area contributed by atoms with Crippen LogP contribution in [0.3, 0.4) is 0 Å². The monoisotopic (exact) mass is 268 g/mol. The number of aryl methyl sites for hydroxylation is 4. The normalized spacial score (nSPS) is 10.4. The molecule has 2 rings (SSSR count). The van der Waals surface area contributed by atoms with Crippen molar-refractivity contribution in [3.8, 4) is 0 Å². The van der Waals surface area contributed by atoms with Gasteiger partial charge >= 0.3 is 0 Å². The van der Waals surface area contributed by atoms with Gasteiger partial charge in [-0.3, -0.25) is 0 Å². The molecule has 0 radical (unpaired) electrons. The SMILES string of the molecule is Cc1ccc(NCCNc2ccc(C)c(C)c2)cc1C. The van der Waals surface area contributed by atoms with Gasteiger partial charge in [0.25, 0.3) is 0 Å². The summed E-state index contributed by atoms with van der Waals surface area (Å²) in [6, 6.07) is 13.0. The highest BCUT2D eigenvalue weighted by Crippen LogP contribution is 2.15. The number of benzene rings is 2.